The molecule has 2 aromatic rings. The van der Waals surface area contributed by atoms with Crippen molar-refractivity contribution in [1.29, 1.82) is 0 Å². The minimum atomic E-state index is -0.466. The van der Waals surface area contributed by atoms with Gasteiger partial charge in [0, 0.05) is 28.6 Å². The van der Waals surface area contributed by atoms with Crippen LogP contribution in [0.2, 0.25) is 0 Å². The Morgan fingerprint density at radius 2 is 1.96 bits per heavy atom. The number of nitrogens with one attached hydrogen (secondary N) is 2. The summed E-state index contributed by atoms with van der Waals surface area (Å²) < 4.78 is 5.37. The van der Waals surface area contributed by atoms with Crippen molar-refractivity contribution in [3.8, 4) is 5.75 Å². The van der Waals surface area contributed by atoms with Crippen molar-refractivity contribution >= 4 is 23.5 Å². The van der Waals surface area contributed by atoms with Crippen molar-refractivity contribution in [3.05, 3.63) is 52.8 Å². The lowest BCUT2D eigenvalue weighted by atomic mass is 10.1. The van der Waals surface area contributed by atoms with Gasteiger partial charge in [0.05, 0.1) is 19.3 Å². The van der Waals surface area contributed by atoms with Gasteiger partial charge in [0.2, 0.25) is 5.91 Å². The van der Waals surface area contributed by atoms with Crippen LogP contribution in [0.3, 0.4) is 0 Å². The third-order valence-corrected chi connectivity index (χ3v) is 4.40. The van der Waals surface area contributed by atoms with Crippen LogP contribution in [0.1, 0.15) is 27.2 Å². The molecule has 2 heterocycles. The standard InChI is InChI=1S/C19H20N4O4/c1-11-8-20-15(12(2)17(11)27-3)9-21-18(25)13-4-6-14(7-5-13)23-10-16(24)22-19(23)26/h4-8H,9-10H2,1-3H3,(H,21,25)(H,22,24,26). The topological polar surface area (TPSA) is 101 Å². The Morgan fingerprint density at radius 1 is 1.26 bits per heavy atom. The van der Waals surface area contributed by atoms with Crippen molar-refractivity contribution in [2.75, 3.05) is 18.6 Å². The number of benzene rings is 1. The van der Waals surface area contributed by atoms with Crippen LogP contribution in [0.5, 0.6) is 5.75 Å². The molecular weight excluding hydrogens is 348 g/mol. The van der Waals surface area contributed by atoms with Crippen LogP contribution in [-0.2, 0) is 11.3 Å². The Kier molecular flexibility index (Phi) is 5.07. The number of aryl methyl sites for hydroxylation is 1. The lowest BCUT2D eigenvalue weighted by Gasteiger charge is -2.14. The third-order valence-electron chi connectivity index (χ3n) is 4.40. The largest absolute Gasteiger partial charge is 0.496 e. The minimum absolute atomic E-state index is 0.0232. The van der Waals surface area contributed by atoms with Gasteiger partial charge in [-0.3, -0.25) is 24.8 Å². The average Bonchev–Trinajstić information content (AvgIpc) is 2.99. The molecule has 140 valence electrons. The number of aromatic nitrogens is 1. The summed E-state index contributed by atoms with van der Waals surface area (Å²) in [7, 11) is 1.60. The SMILES string of the molecule is COc1c(C)cnc(CNC(=O)c2ccc(N3CC(=O)NC3=O)cc2)c1C. The van der Waals surface area contributed by atoms with Crippen LogP contribution in [-0.4, -0.2) is 36.5 Å². The van der Waals surface area contributed by atoms with Gasteiger partial charge in [0.1, 0.15) is 12.3 Å². The first-order valence-electron chi connectivity index (χ1n) is 8.39. The highest BCUT2D eigenvalue weighted by Gasteiger charge is 2.27. The first-order chi connectivity index (χ1) is 12.9. The zero-order valence-corrected chi connectivity index (χ0v) is 15.3. The fourth-order valence-electron chi connectivity index (χ4n) is 2.96. The number of amides is 4. The summed E-state index contributed by atoms with van der Waals surface area (Å²) in [5.41, 5.74) is 3.55. The molecule has 0 atom stereocenters. The summed E-state index contributed by atoms with van der Waals surface area (Å²) in [6.07, 6.45) is 1.71. The summed E-state index contributed by atoms with van der Waals surface area (Å²) in [6, 6.07) is 6.01. The number of imide groups is 1. The Balaban J connectivity index is 1.67. The molecular formula is C19H20N4O4. The van der Waals surface area contributed by atoms with Crippen molar-refractivity contribution in [3.63, 3.8) is 0 Å². The molecule has 4 amide bonds. The van der Waals surface area contributed by atoms with Gasteiger partial charge in [0.25, 0.3) is 5.91 Å². The van der Waals surface area contributed by atoms with Gasteiger partial charge in [-0.05, 0) is 38.1 Å². The molecule has 27 heavy (non-hydrogen) atoms. The van der Waals surface area contributed by atoms with Gasteiger partial charge >= 0.3 is 6.03 Å². The van der Waals surface area contributed by atoms with E-state index >= 15 is 0 Å². The van der Waals surface area contributed by atoms with E-state index in [2.05, 4.69) is 15.6 Å². The van der Waals surface area contributed by atoms with E-state index in [1.54, 1.807) is 37.6 Å². The summed E-state index contributed by atoms with van der Waals surface area (Å²) in [5.74, 6) is 0.152. The van der Waals surface area contributed by atoms with Gasteiger partial charge in [0.15, 0.2) is 0 Å². The molecule has 0 saturated carbocycles. The highest BCUT2D eigenvalue weighted by molar-refractivity contribution is 6.12. The van der Waals surface area contributed by atoms with E-state index in [-0.39, 0.29) is 24.9 Å². The molecule has 8 heteroatoms. The van der Waals surface area contributed by atoms with Crippen molar-refractivity contribution in [2.45, 2.75) is 20.4 Å². The van der Waals surface area contributed by atoms with Crippen LogP contribution in [0, 0.1) is 13.8 Å². The number of hydrogen-bond donors (Lipinski definition) is 2. The first kappa shape index (κ1) is 18.4. The molecule has 1 saturated heterocycles. The van der Waals surface area contributed by atoms with E-state index in [4.69, 9.17) is 4.74 Å². The predicted octanol–water partition coefficient (Wildman–Crippen LogP) is 1.69. The van der Waals surface area contributed by atoms with Gasteiger partial charge in [-0.25, -0.2) is 4.79 Å². The molecule has 1 fully saturated rings. The number of urea groups is 1. The molecule has 0 bridgehead atoms. The number of ether oxygens (including phenoxy) is 1. The van der Waals surface area contributed by atoms with E-state index in [1.165, 1.54) is 4.90 Å². The second-order valence-electron chi connectivity index (χ2n) is 6.22. The second kappa shape index (κ2) is 7.45. The van der Waals surface area contributed by atoms with Crippen LogP contribution >= 0.6 is 0 Å². The molecule has 1 aliphatic heterocycles. The Hall–Kier alpha value is -3.42. The maximum absolute atomic E-state index is 12.4. The number of methoxy groups -OCH3 is 1. The van der Waals surface area contributed by atoms with E-state index in [0.717, 1.165) is 22.6 Å². The van der Waals surface area contributed by atoms with E-state index < -0.39 is 6.03 Å². The summed E-state index contributed by atoms with van der Waals surface area (Å²) in [5, 5.41) is 5.04. The molecule has 1 aromatic carbocycles. The second-order valence-corrected chi connectivity index (χ2v) is 6.22. The lowest BCUT2D eigenvalue weighted by Crippen LogP contribution is -2.28. The first-order valence-corrected chi connectivity index (χ1v) is 8.39. The zero-order valence-electron chi connectivity index (χ0n) is 15.3. The Morgan fingerprint density at radius 3 is 2.56 bits per heavy atom. The van der Waals surface area contributed by atoms with Crippen LogP contribution in [0.4, 0.5) is 10.5 Å². The number of pyridine rings is 1. The highest BCUT2D eigenvalue weighted by Crippen LogP contribution is 2.24. The van der Waals surface area contributed by atoms with Crippen molar-refractivity contribution < 1.29 is 19.1 Å². The van der Waals surface area contributed by atoms with Crippen LogP contribution in [0.15, 0.2) is 30.5 Å². The van der Waals surface area contributed by atoms with Crippen LogP contribution in [0.25, 0.3) is 0 Å². The quantitative estimate of drug-likeness (QED) is 0.782. The molecule has 8 nitrogen and oxygen atoms in total. The van der Waals surface area contributed by atoms with Gasteiger partial charge in [-0.2, -0.15) is 0 Å². The number of rotatable bonds is 5. The van der Waals surface area contributed by atoms with Gasteiger partial charge < -0.3 is 10.1 Å². The average molecular weight is 368 g/mol. The number of hydrogen-bond acceptors (Lipinski definition) is 5. The maximum atomic E-state index is 12.4. The van der Waals surface area contributed by atoms with Gasteiger partial charge in [-0.15, -0.1) is 0 Å². The third kappa shape index (κ3) is 3.74. The minimum Gasteiger partial charge on any atom is -0.496 e. The van der Waals surface area contributed by atoms with E-state index in [0.29, 0.717) is 11.3 Å². The lowest BCUT2D eigenvalue weighted by molar-refractivity contribution is -0.117. The molecule has 0 aliphatic carbocycles. The zero-order chi connectivity index (χ0) is 19.6. The van der Waals surface area contributed by atoms with Crippen LogP contribution < -0.4 is 20.3 Å². The number of carbonyl (C=O) groups excluding carboxylic acids is 3. The Bertz CT molecular complexity index is 909. The fourth-order valence-corrected chi connectivity index (χ4v) is 2.96. The van der Waals surface area contributed by atoms with Crippen molar-refractivity contribution in [2.24, 2.45) is 0 Å². The molecule has 3 rings (SSSR count). The fraction of sp³-hybridized carbons (Fsp3) is 0.263. The summed E-state index contributed by atoms with van der Waals surface area (Å²) in [4.78, 5) is 41.0. The van der Waals surface area contributed by atoms with Gasteiger partial charge in [-0.1, -0.05) is 0 Å². The molecule has 1 aliphatic rings. The molecule has 0 unspecified atom stereocenters. The molecule has 0 radical (unpaired) electrons. The molecule has 2 N–H and O–H groups in total. The number of carbonyl (C=O) groups is 3. The normalized spacial score (nSPS) is 13.5. The maximum Gasteiger partial charge on any atom is 0.329 e. The Labute approximate surface area is 156 Å². The van der Waals surface area contributed by atoms with E-state index in [9.17, 15) is 14.4 Å². The number of nitrogens with zero attached hydrogens (tertiary/aromatic N) is 2. The monoisotopic (exact) mass is 368 g/mol. The smallest absolute Gasteiger partial charge is 0.329 e. The predicted molar refractivity (Wildman–Crippen MR) is 98.8 cm³/mol. The summed E-state index contributed by atoms with van der Waals surface area (Å²) >= 11 is 0. The van der Waals surface area contributed by atoms with Crippen molar-refractivity contribution in [1.82, 2.24) is 15.6 Å². The number of anilines is 1. The highest BCUT2D eigenvalue weighted by atomic mass is 16.5. The summed E-state index contributed by atoms with van der Waals surface area (Å²) in [6.45, 7) is 4.06. The van der Waals surface area contributed by atoms with E-state index in [1.807, 2.05) is 13.8 Å². The molecule has 0 spiro atoms. The molecule has 1 aromatic heterocycles.